The standard InChI is InChI=1S/C14H13N5O2/c1-9-16-13(21-18-9)10-4-3-5-11(8-10)17-12-14(20)19(2)7-6-15-12/h3-8H,1-2H3,(H,15,17). The van der Waals surface area contributed by atoms with Gasteiger partial charge in [0.05, 0.1) is 0 Å². The summed E-state index contributed by atoms with van der Waals surface area (Å²) in [7, 11) is 1.67. The molecule has 0 unspecified atom stereocenters. The van der Waals surface area contributed by atoms with Crippen LogP contribution in [0, 0.1) is 6.92 Å². The third-order valence-corrected chi connectivity index (χ3v) is 2.92. The van der Waals surface area contributed by atoms with Gasteiger partial charge in [-0.25, -0.2) is 4.98 Å². The second-order valence-electron chi connectivity index (χ2n) is 4.54. The van der Waals surface area contributed by atoms with Crippen LogP contribution in [0.3, 0.4) is 0 Å². The molecule has 0 fully saturated rings. The number of rotatable bonds is 3. The summed E-state index contributed by atoms with van der Waals surface area (Å²) in [5, 5.41) is 6.76. The highest BCUT2D eigenvalue weighted by atomic mass is 16.5. The molecule has 2 heterocycles. The Balaban J connectivity index is 1.93. The molecule has 0 amide bonds. The van der Waals surface area contributed by atoms with E-state index in [1.165, 1.54) is 4.57 Å². The Morgan fingerprint density at radius 3 is 2.95 bits per heavy atom. The SMILES string of the molecule is Cc1noc(-c2cccc(Nc3nccn(C)c3=O)c2)n1. The lowest BCUT2D eigenvalue weighted by Crippen LogP contribution is -2.20. The second kappa shape index (κ2) is 5.20. The molecule has 0 saturated heterocycles. The fourth-order valence-electron chi connectivity index (χ4n) is 1.86. The van der Waals surface area contributed by atoms with Gasteiger partial charge in [-0.3, -0.25) is 4.79 Å². The van der Waals surface area contributed by atoms with E-state index in [4.69, 9.17) is 4.52 Å². The predicted octanol–water partition coefficient (Wildman–Crippen LogP) is 1.88. The van der Waals surface area contributed by atoms with Crippen molar-refractivity contribution in [3.8, 4) is 11.5 Å². The van der Waals surface area contributed by atoms with Crippen molar-refractivity contribution < 1.29 is 4.52 Å². The molecular weight excluding hydrogens is 270 g/mol. The van der Waals surface area contributed by atoms with Gasteiger partial charge in [-0.2, -0.15) is 4.98 Å². The molecule has 1 aromatic carbocycles. The topological polar surface area (TPSA) is 85.8 Å². The van der Waals surface area contributed by atoms with Crippen molar-refractivity contribution >= 4 is 11.5 Å². The number of aromatic nitrogens is 4. The van der Waals surface area contributed by atoms with Crippen molar-refractivity contribution in [2.24, 2.45) is 7.05 Å². The van der Waals surface area contributed by atoms with Crippen LogP contribution in [0.4, 0.5) is 11.5 Å². The normalized spacial score (nSPS) is 10.6. The molecule has 3 aromatic rings. The van der Waals surface area contributed by atoms with E-state index in [1.54, 1.807) is 26.4 Å². The highest BCUT2D eigenvalue weighted by molar-refractivity contribution is 5.64. The van der Waals surface area contributed by atoms with Crippen LogP contribution in [0.5, 0.6) is 0 Å². The summed E-state index contributed by atoms with van der Waals surface area (Å²) in [6.07, 6.45) is 3.17. The number of hydrogen-bond donors (Lipinski definition) is 1. The number of aryl methyl sites for hydroxylation is 2. The molecule has 0 aliphatic rings. The lowest BCUT2D eigenvalue weighted by atomic mass is 10.2. The number of benzene rings is 1. The van der Waals surface area contributed by atoms with Gasteiger partial charge in [-0.05, 0) is 25.1 Å². The Morgan fingerprint density at radius 1 is 1.33 bits per heavy atom. The minimum Gasteiger partial charge on any atom is -0.336 e. The number of anilines is 2. The maximum absolute atomic E-state index is 11.9. The zero-order chi connectivity index (χ0) is 14.8. The highest BCUT2D eigenvalue weighted by Gasteiger charge is 2.08. The van der Waals surface area contributed by atoms with Gasteiger partial charge in [0.25, 0.3) is 11.4 Å². The fraction of sp³-hybridized carbons (Fsp3) is 0.143. The van der Waals surface area contributed by atoms with E-state index in [-0.39, 0.29) is 11.4 Å². The average Bonchev–Trinajstić information content (AvgIpc) is 2.91. The molecule has 106 valence electrons. The van der Waals surface area contributed by atoms with Crippen LogP contribution in [0.25, 0.3) is 11.5 Å². The minimum absolute atomic E-state index is 0.198. The maximum Gasteiger partial charge on any atom is 0.293 e. The van der Waals surface area contributed by atoms with E-state index >= 15 is 0 Å². The summed E-state index contributed by atoms with van der Waals surface area (Å²) in [5.41, 5.74) is 1.30. The second-order valence-corrected chi connectivity index (χ2v) is 4.54. The van der Waals surface area contributed by atoms with Crippen LogP contribution in [-0.4, -0.2) is 19.7 Å². The zero-order valence-corrected chi connectivity index (χ0v) is 11.6. The first-order chi connectivity index (χ1) is 10.1. The first-order valence-corrected chi connectivity index (χ1v) is 6.33. The molecule has 0 bridgehead atoms. The van der Waals surface area contributed by atoms with Crippen molar-refractivity contribution in [2.75, 3.05) is 5.32 Å². The molecule has 7 nitrogen and oxygen atoms in total. The number of hydrogen-bond acceptors (Lipinski definition) is 6. The van der Waals surface area contributed by atoms with Crippen LogP contribution in [0.15, 0.2) is 46.0 Å². The minimum atomic E-state index is -0.198. The fourth-order valence-corrected chi connectivity index (χ4v) is 1.86. The molecule has 7 heteroatoms. The van der Waals surface area contributed by atoms with Gasteiger partial charge in [-0.1, -0.05) is 11.2 Å². The predicted molar refractivity (Wildman–Crippen MR) is 77.2 cm³/mol. The summed E-state index contributed by atoms with van der Waals surface area (Å²) in [4.78, 5) is 20.1. The van der Waals surface area contributed by atoms with Crippen molar-refractivity contribution in [3.05, 3.63) is 52.8 Å². The van der Waals surface area contributed by atoms with Gasteiger partial charge in [0.2, 0.25) is 0 Å². The van der Waals surface area contributed by atoms with Crippen LogP contribution < -0.4 is 10.9 Å². The molecule has 0 atom stereocenters. The van der Waals surface area contributed by atoms with E-state index < -0.39 is 0 Å². The van der Waals surface area contributed by atoms with Gasteiger partial charge in [-0.15, -0.1) is 0 Å². The van der Waals surface area contributed by atoms with Crippen molar-refractivity contribution in [2.45, 2.75) is 6.92 Å². The van der Waals surface area contributed by atoms with E-state index in [0.29, 0.717) is 11.7 Å². The molecule has 0 aliphatic carbocycles. The van der Waals surface area contributed by atoms with Crippen LogP contribution >= 0.6 is 0 Å². The zero-order valence-electron chi connectivity index (χ0n) is 11.6. The Hall–Kier alpha value is -2.96. The summed E-state index contributed by atoms with van der Waals surface area (Å²) in [6.45, 7) is 1.76. The van der Waals surface area contributed by atoms with Crippen LogP contribution in [0.1, 0.15) is 5.82 Å². The molecule has 21 heavy (non-hydrogen) atoms. The lowest BCUT2D eigenvalue weighted by Gasteiger charge is -2.06. The van der Waals surface area contributed by atoms with E-state index in [9.17, 15) is 4.79 Å². The molecule has 3 rings (SSSR count). The molecule has 1 N–H and O–H groups in total. The Bertz CT molecular complexity index is 837. The van der Waals surface area contributed by atoms with Crippen molar-refractivity contribution in [3.63, 3.8) is 0 Å². The Labute approximate surface area is 120 Å². The summed E-state index contributed by atoms with van der Waals surface area (Å²) >= 11 is 0. The summed E-state index contributed by atoms with van der Waals surface area (Å²) in [6, 6.07) is 7.35. The molecule has 0 spiro atoms. The van der Waals surface area contributed by atoms with Crippen LogP contribution in [-0.2, 0) is 7.05 Å². The van der Waals surface area contributed by atoms with Gasteiger partial charge in [0, 0.05) is 30.7 Å². The van der Waals surface area contributed by atoms with E-state index in [2.05, 4.69) is 20.4 Å². The van der Waals surface area contributed by atoms with E-state index in [0.717, 1.165) is 11.3 Å². The highest BCUT2D eigenvalue weighted by Crippen LogP contribution is 2.22. The Morgan fingerprint density at radius 2 is 2.19 bits per heavy atom. The van der Waals surface area contributed by atoms with Gasteiger partial charge >= 0.3 is 0 Å². The first kappa shape index (κ1) is 13.0. The summed E-state index contributed by atoms with van der Waals surface area (Å²) in [5.74, 6) is 1.27. The average molecular weight is 283 g/mol. The quantitative estimate of drug-likeness (QED) is 0.790. The first-order valence-electron chi connectivity index (χ1n) is 6.33. The monoisotopic (exact) mass is 283 g/mol. The summed E-state index contributed by atoms with van der Waals surface area (Å²) < 4.78 is 6.59. The number of nitrogens with one attached hydrogen (secondary N) is 1. The third kappa shape index (κ3) is 2.66. The third-order valence-electron chi connectivity index (χ3n) is 2.92. The van der Waals surface area contributed by atoms with Crippen LogP contribution in [0.2, 0.25) is 0 Å². The lowest BCUT2D eigenvalue weighted by molar-refractivity contribution is 0.425. The Kier molecular flexibility index (Phi) is 3.23. The van der Waals surface area contributed by atoms with Gasteiger partial charge in [0.1, 0.15) is 0 Å². The van der Waals surface area contributed by atoms with Crippen molar-refractivity contribution in [1.82, 2.24) is 19.7 Å². The van der Waals surface area contributed by atoms with E-state index in [1.807, 2.05) is 24.3 Å². The molecule has 0 saturated carbocycles. The largest absolute Gasteiger partial charge is 0.336 e. The maximum atomic E-state index is 11.9. The smallest absolute Gasteiger partial charge is 0.293 e. The van der Waals surface area contributed by atoms with Crippen molar-refractivity contribution in [1.29, 1.82) is 0 Å². The van der Waals surface area contributed by atoms with Gasteiger partial charge in [0.15, 0.2) is 11.6 Å². The van der Waals surface area contributed by atoms with Gasteiger partial charge < -0.3 is 14.4 Å². The molecule has 0 radical (unpaired) electrons. The molecule has 0 aliphatic heterocycles. The molecular formula is C14H13N5O2. The number of nitrogens with zero attached hydrogens (tertiary/aromatic N) is 4. The molecule has 2 aromatic heterocycles.